The van der Waals surface area contributed by atoms with Crippen molar-refractivity contribution in [2.75, 3.05) is 30.9 Å². The molecule has 176 valence electrons. The van der Waals surface area contributed by atoms with Crippen LogP contribution in [0.3, 0.4) is 0 Å². The minimum Gasteiger partial charge on any atom is -0.494 e. The number of anilines is 3. The molecule has 0 radical (unpaired) electrons. The highest BCUT2D eigenvalue weighted by atomic mass is 16.5. The van der Waals surface area contributed by atoms with Crippen LogP contribution in [0.15, 0.2) is 59.3 Å². The molecule has 0 unspecified atom stereocenters. The van der Waals surface area contributed by atoms with E-state index in [-0.39, 0.29) is 0 Å². The molecule has 5 aromatic rings. The maximum atomic E-state index is 6.12. The summed E-state index contributed by atoms with van der Waals surface area (Å²) in [5, 5.41) is 8.17. The Bertz CT molecular complexity index is 1520. The van der Waals surface area contributed by atoms with E-state index in [0.29, 0.717) is 42.2 Å². The molecule has 5 heterocycles. The molecule has 0 fully saturated rings. The molecule has 2 N–H and O–H groups in total. The minimum atomic E-state index is 0.484. The number of fused-ring (bicyclic) bond motifs is 6. The molecule has 0 saturated carbocycles. The number of rotatable bonds is 1. The van der Waals surface area contributed by atoms with Crippen LogP contribution in [0.4, 0.5) is 17.5 Å². The van der Waals surface area contributed by atoms with Gasteiger partial charge in [-0.1, -0.05) is 6.07 Å². The van der Waals surface area contributed by atoms with E-state index in [1.807, 2.05) is 49.5 Å². The van der Waals surface area contributed by atoms with Gasteiger partial charge in [-0.2, -0.15) is 4.98 Å². The van der Waals surface area contributed by atoms with Gasteiger partial charge in [-0.3, -0.25) is 0 Å². The molecule has 0 saturated heterocycles. The quantitative estimate of drug-likeness (QED) is 0.327. The summed E-state index contributed by atoms with van der Waals surface area (Å²) >= 11 is 0. The molecular weight excluding hydrogens is 444 g/mol. The molecule has 1 aromatic carbocycles. The third kappa shape index (κ3) is 4.28. The van der Waals surface area contributed by atoms with E-state index < -0.39 is 0 Å². The number of hydrogen-bond acceptors (Lipinski definition) is 9. The van der Waals surface area contributed by atoms with Crippen molar-refractivity contribution in [1.82, 2.24) is 19.9 Å². The summed E-state index contributed by atoms with van der Waals surface area (Å²) in [6, 6.07) is 13.3. The number of hydrogen-bond donors (Lipinski definition) is 2. The highest BCUT2D eigenvalue weighted by molar-refractivity contribution is 6.01. The van der Waals surface area contributed by atoms with Gasteiger partial charge in [0, 0.05) is 42.3 Å². The van der Waals surface area contributed by atoms with Gasteiger partial charge in [0.2, 0.25) is 11.8 Å². The Labute approximate surface area is 201 Å². The molecule has 0 atom stereocenters. The van der Waals surface area contributed by atoms with Gasteiger partial charge in [-0.25, -0.2) is 15.0 Å². The van der Waals surface area contributed by atoms with Crippen LogP contribution in [0.25, 0.3) is 33.3 Å². The zero-order valence-corrected chi connectivity index (χ0v) is 19.2. The van der Waals surface area contributed by atoms with Gasteiger partial charge in [0.05, 0.1) is 18.8 Å². The Morgan fingerprint density at radius 1 is 0.857 bits per heavy atom. The SMILES string of the molecule is CNc1ncc2c3cc(ncc13)Nc1cccc(n1)OCCCCCOc1ccc3oc-2nc3c1. The lowest BCUT2D eigenvalue weighted by atomic mass is 10.1. The summed E-state index contributed by atoms with van der Waals surface area (Å²) in [4.78, 5) is 18.5. The maximum Gasteiger partial charge on any atom is 0.229 e. The van der Waals surface area contributed by atoms with E-state index >= 15 is 0 Å². The molecule has 0 amide bonds. The van der Waals surface area contributed by atoms with Gasteiger partial charge in [0.1, 0.15) is 28.7 Å². The first kappa shape index (κ1) is 21.2. The summed E-state index contributed by atoms with van der Waals surface area (Å²) in [7, 11) is 1.83. The van der Waals surface area contributed by atoms with Gasteiger partial charge < -0.3 is 24.5 Å². The molecule has 9 nitrogen and oxygen atoms in total. The van der Waals surface area contributed by atoms with E-state index in [4.69, 9.17) is 18.9 Å². The van der Waals surface area contributed by atoms with Gasteiger partial charge in [0.25, 0.3) is 0 Å². The lowest BCUT2D eigenvalue weighted by Crippen LogP contribution is -2.03. The average molecular weight is 469 g/mol. The first-order chi connectivity index (χ1) is 17.3. The largest absolute Gasteiger partial charge is 0.494 e. The van der Waals surface area contributed by atoms with Crippen molar-refractivity contribution in [1.29, 1.82) is 0 Å². The normalized spacial score (nSPS) is 14.0. The Kier molecular flexibility index (Phi) is 5.50. The van der Waals surface area contributed by atoms with Crippen LogP contribution in [0, 0.1) is 0 Å². The van der Waals surface area contributed by atoms with Crippen molar-refractivity contribution in [3.8, 4) is 23.1 Å². The highest BCUT2D eigenvalue weighted by Crippen LogP contribution is 2.35. The fourth-order valence-corrected chi connectivity index (χ4v) is 4.13. The summed E-state index contributed by atoms with van der Waals surface area (Å²) in [6.07, 6.45) is 6.39. The fraction of sp³-hybridized carbons (Fsp3) is 0.231. The van der Waals surface area contributed by atoms with Crippen LogP contribution >= 0.6 is 0 Å². The van der Waals surface area contributed by atoms with Crippen LogP contribution in [0.5, 0.6) is 11.6 Å². The minimum absolute atomic E-state index is 0.484. The van der Waals surface area contributed by atoms with Crippen LogP contribution in [-0.4, -0.2) is 40.2 Å². The van der Waals surface area contributed by atoms with E-state index in [1.165, 1.54) is 0 Å². The standard InChI is InChI=1S/C26H24N6O3/c1-27-25-18-14-28-23-13-17(18)19(15-29-25)26-30-20-12-16(8-9-21(20)35-26)33-10-3-2-4-11-34-24-7-5-6-22(31-23)32-24/h5-9,12-15H,2-4,10-11H2,1H3,(H,27,29)(H,28,31,32). The predicted octanol–water partition coefficient (Wildman–Crippen LogP) is 5.56. The molecular formula is C26H24N6O3. The highest BCUT2D eigenvalue weighted by Gasteiger charge is 2.16. The zero-order chi connectivity index (χ0) is 23.6. The van der Waals surface area contributed by atoms with Crippen molar-refractivity contribution < 1.29 is 13.9 Å². The average Bonchev–Trinajstić information content (AvgIpc) is 3.30. The predicted molar refractivity (Wildman–Crippen MR) is 134 cm³/mol. The van der Waals surface area contributed by atoms with E-state index in [1.54, 1.807) is 12.4 Å². The fourth-order valence-electron chi connectivity index (χ4n) is 4.13. The number of pyridine rings is 3. The van der Waals surface area contributed by atoms with Crippen LogP contribution in [0.2, 0.25) is 0 Å². The van der Waals surface area contributed by atoms with Gasteiger partial charge in [0.15, 0.2) is 5.58 Å². The van der Waals surface area contributed by atoms with Crippen molar-refractivity contribution in [2.24, 2.45) is 0 Å². The molecule has 4 aromatic heterocycles. The van der Waals surface area contributed by atoms with Crippen molar-refractivity contribution in [3.05, 3.63) is 54.9 Å². The second kappa shape index (κ2) is 9.09. The number of oxazole rings is 1. The Hall–Kier alpha value is -4.40. The van der Waals surface area contributed by atoms with Crippen LogP contribution < -0.4 is 20.1 Å². The summed E-state index contributed by atoms with van der Waals surface area (Å²) in [5.41, 5.74) is 2.19. The Morgan fingerprint density at radius 2 is 1.77 bits per heavy atom. The molecule has 9 heteroatoms. The lowest BCUT2D eigenvalue weighted by Gasteiger charge is -2.11. The number of aromatic nitrogens is 4. The summed E-state index contributed by atoms with van der Waals surface area (Å²) in [6.45, 7) is 1.23. The Balaban J connectivity index is 1.48. The lowest BCUT2D eigenvalue weighted by molar-refractivity contribution is 0.274. The molecule has 1 aliphatic heterocycles. The van der Waals surface area contributed by atoms with Crippen LogP contribution in [0.1, 0.15) is 19.3 Å². The molecule has 0 aliphatic carbocycles. The first-order valence-corrected chi connectivity index (χ1v) is 11.6. The number of ether oxygens (including phenoxy) is 2. The molecule has 35 heavy (non-hydrogen) atoms. The monoisotopic (exact) mass is 468 g/mol. The molecule has 1 aliphatic rings. The van der Waals surface area contributed by atoms with Gasteiger partial charge in [-0.15, -0.1) is 0 Å². The third-order valence-electron chi connectivity index (χ3n) is 5.89. The number of benzene rings is 1. The van der Waals surface area contributed by atoms with E-state index in [9.17, 15) is 0 Å². The van der Waals surface area contributed by atoms with Gasteiger partial charge in [-0.05, 0) is 43.5 Å². The molecule has 0 spiro atoms. The third-order valence-corrected chi connectivity index (χ3v) is 5.89. The molecule has 7 bridgehead atoms. The van der Waals surface area contributed by atoms with Crippen molar-refractivity contribution in [2.45, 2.75) is 19.3 Å². The van der Waals surface area contributed by atoms with Crippen LogP contribution in [-0.2, 0) is 0 Å². The summed E-state index contributed by atoms with van der Waals surface area (Å²) in [5.74, 6) is 3.84. The summed E-state index contributed by atoms with van der Waals surface area (Å²) < 4.78 is 17.9. The second-order valence-corrected chi connectivity index (χ2v) is 8.28. The van der Waals surface area contributed by atoms with Crippen molar-refractivity contribution in [3.63, 3.8) is 0 Å². The maximum absolute atomic E-state index is 6.12. The zero-order valence-electron chi connectivity index (χ0n) is 19.2. The number of nitrogens with one attached hydrogen (secondary N) is 2. The van der Waals surface area contributed by atoms with E-state index in [0.717, 1.165) is 52.7 Å². The number of nitrogens with zero attached hydrogens (tertiary/aromatic N) is 4. The molecule has 6 rings (SSSR count). The van der Waals surface area contributed by atoms with E-state index in [2.05, 4.69) is 25.6 Å². The topological polar surface area (TPSA) is 107 Å². The second-order valence-electron chi connectivity index (χ2n) is 8.28. The smallest absolute Gasteiger partial charge is 0.229 e. The van der Waals surface area contributed by atoms with Crippen molar-refractivity contribution >= 4 is 39.3 Å². The Morgan fingerprint density at radius 3 is 2.69 bits per heavy atom. The first-order valence-electron chi connectivity index (χ1n) is 11.6. The van der Waals surface area contributed by atoms with Gasteiger partial charge >= 0.3 is 0 Å².